The zero-order valence-electron chi connectivity index (χ0n) is 19.7. The number of carbonyl (C=O) groups excluding carboxylic acids is 1. The van der Waals surface area contributed by atoms with Gasteiger partial charge in [-0.15, -0.1) is 11.3 Å². The Morgan fingerprint density at radius 1 is 1.34 bits per heavy atom. The van der Waals surface area contributed by atoms with E-state index in [-0.39, 0.29) is 37.5 Å². The van der Waals surface area contributed by atoms with Gasteiger partial charge in [-0.05, 0) is 24.1 Å². The summed E-state index contributed by atoms with van der Waals surface area (Å²) in [7, 11) is 1.52. The lowest BCUT2D eigenvalue weighted by atomic mass is 10.1. The number of pyridine rings is 1. The molecule has 1 aromatic carbocycles. The van der Waals surface area contributed by atoms with Crippen molar-refractivity contribution in [3.63, 3.8) is 0 Å². The lowest BCUT2D eigenvalue weighted by molar-refractivity contribution is 0.0668. The summed E-state index contributed by atoms with van der Waals surface area (Å²) in [4.78, 5) is 34.9. The fraction of sp³-hybridized carbons (Fsp3) is 0.375. The molecule has 0 saturated carbocycles. The molecular weight excluding hydrogens is 478 g/mol. The van der Waals surface area contributed by atoms with Crippen LogP contribution in [0.1, 0.15) is 34.8 Å². The highest BCUT2D eigenvalue weighted by atomic mass is 32.1. The highest BCUT2D eigenvalue weighted by Crippen LogP contribution is 2.27. The molecule has 0 aliphatic heterocycles. The molecule has 2 aromatic heterocycles. The van der Waals surface area contributed by atoms with Crippen molar-refractivity contribution in [2.24, 2.45) is 5.92 Å². The predicted molar refractivity (Wildman–Crippen MR) is 130 cm³/mol. The van der Waals surface area contributed by atoms with Gasteiger partial charge in [-0.1, -0.05) is 19.9 Å². The van der Waals surface area contributed by atoms with Crippen molar-refractivity contribution < 1.29 is 23.4 Å². The third-order valence-electron chi connectivity index (χ3n) is 5.14. The molecule has 8 nitrogen and oxygen atoms in total. The highest BCUT2D eigenvalue weighted by Gasteiger charge is 2.24. The number of nitrogens with one attached hydrogen (secondary N) is 2. The van der Waals surface area contributed by atoms with E-state index in [0.717, 1.165) is 17.4 Å². The van der Waals surface area contributed by atoms with Crippen molar-refractivity contribution in [1.29, 1.82) is 0 Å². The standard InChI is InChI=1S/C24H28F2N4O4S/c1-14(2)10-27-13-30(6-7-34-3)24(33)20-22(32)21(31)18(12-28-20)23-29-11-17(35-23)8-15-4-5-16(25)9-19(15)26/h4-5,9,11-12,14,27,32H,6-8,10,13H2,1-3H3,(H,28,31). The topological polar surface area (TPSA) is 108 Å². The number of hydrogen-bond acceptors (Lipinski definition) is 7. The minimum absolute atomic E-state index is 0.0799. The number of amides is 1. The maximum atomic E-state index is 14.0. The van der Waals surface area contributed by atoms with Crippen molar-refractivity contribution in [1.82, 2.24) is 20.2 Å². The molecule has 0 radical (unpaired) electrons. The SMILES string of the molecule is COCCN(CNCC(C)C)C(=O)c1[nH]cc(-c2ncc(Cc3ccc(F)cc3F)s2)c(=O)c1O. The molecule has 0 saturated heterocycles. The van der Waals surface area contributed by atoms with E-state index in [1.165, 1.54) is 36.5 Å². The first-order valence-electron chi connectivity index (χ1n) is 11.0. The van der Waals surface area contributed by atoms with Gasteiger partial charge in [-0.2, -0.15) is 0 Å². The summed E-state index contributed by atoms with van der Waals surface area (Å²) in [5.41, 5.74) is -0.605. The number of aromatic hydroxyl groups is 1. The third-order valence-corrected chi connectivity index (χ3v) is 6.17. The number of ether oxygens (including phenoxy) is 1. The zero-order chi connectivity index (χ0) is 25.5. The number of carbonyl (C=O) groups is 1. The number of aromatic nitrogens is 2. The Balaban J connectivity index is 1.81. The summed E-state index contributed by atoms with van der Waals surface area (Å²) in [5, 5.41) is 14.0. The van der Waals surface area contributed by atoms with Crippen molar-refractivity contribution in [3.8, 4) is 16.3 Å². The van der Waals surface area contributed by atoms with E-state index in [9.17, 15) is 23.5 Å². The first-order chi connectivity index (χ1) is 16.7. The first kappa shape index (κ1) is 26.5. The van der Waals surface area contributed by atoms with Gasteiger partial charge in [-0.25, -0.2) is 13.8 Å². The van der Waals surface area contributed by atoms with Gasteiger partial charge in [0.2, 0.25) is 5.43 Å². The Bertz CT molecular complexity index is 1230. The molecule has 1 amide bonds. The quantitative estimate of drug-likeness (QED) is 0.344. The molecule has 0 aliphatic carbocycles. The van der Waals surface area contributed by atoms with Crippen LogP contribution in [0.25, 0.3) is 10.6 Å². The van der Waals surface area contributed by atoms with Crippen LogP contribution < -0.4 is 10.7 Å². The second-order valence-corrected chi connectivity index (χ2v) is 9.48. The molecule has 11 heteroatoms. The van der Waals surface area contributed by atoms with E-state index >= 15 is 0 Å². The second-order valence-electron chi connectivity index (χ2n) is 8.37. The van der Waals surface area contributed by atoms with Crippen molar-refractivity contribution in [2.75, 3.05) is 33.5 Å². The molecule has 0 unspecified atom stereocenters. The monoisotopic (exact) mass is 506 g/mol. The van der Waals surface area contributed by atoms with Gasteiger partial charge in [0.05, 0.1) is 18.8 Å². The van der Waals surface area contributed by atoms with Crippen LogP contribution in [-0.2, 0) is 11.2 Å². The summed E-state index contributed by atoms with van der Waals surface area (Å²) < 4.78 is 32.2. The van der Waals surface area contributed by atoms with Crippen molar-refractivity contribution in [3.05, 3.63) is 68.6 Å². The van der Waals surface area contributed by atoms with Crippen LogP contribution in [0.3, 0.4) is 0 Å². The fourth-order valence-corrected chi connectivity index (χ4v) is 4.26. The van der Waals surface area contributed by atoms with Gasteiger partial charge < -0.3 is 19.7 Å². The molecule has 3 rings (SSSR count). The summed E-state index contributed by atoms with van der Waals surface area (Å²) in [6.45, 7) is 5.53. The minimum atomic E-state index is -0.747. The molecule has 35 heavy (non-hydrogen) atoms. The molecule has 0 aliphatic rings. The summed E-state index contributed by atoms with van der Waals surface area (Å²) in [6.07, 6.45) is 2.99. The molecule has 0 atom stereocenters. The summed E-state index contributed by atoms with van der Waals surface area (Å²) >= 11 is 1.14. The zero-order valence-corrected chi connectivity index (χ0v) is 20.5. The van der Waals surface area contributed by atoms with Crippen LogP contribution in [-0.4, -0.2) is 59.4 Å². The highest BCUT2D eigenvalue weighted by molar-refractivity contribution is 7.15. The molecule has 0 bridgehead atoms. The molecule has 0 spiro atoms. The van der Waals surface area contributed by atoms with Crippen LogP contribution in [0.5, 0.6) is 5.75 Å². The largest absolute Gasteiger partial charge is 0.503 e. The second kappa shape index (κ2) is 12.0. The van der Waals surface area contributed by atoms with Crippen molar-refractivity contribution >= 4 is 17.2 Å². The molecule has 3 N–H and O–H groups in total. The van der Waals surface area contributed by atoms with E-state index in [2.05, 4.69) is 15.3 Å². The number of aromatic amines is 1. The molecular formula is C24H28F2N4O4S. The van der Waals surface area contributed by atoms with E-state index in [0.29, 0.717) is 27.9 Å². The maximum absolute atomic E-state index is 14.0. The molecule has 2 heterocycles. The van der Waals surface area contributed by atoms with Gasteiger partial charge in [0.25, 0.3) is 5.91 Å². The Hall–Kier alpha value is -3.15. The fourth-order valence-electron chi connectivity index (χ4n) is 3.31. The smallest absolute Gasteiger partial charge is 0.275 e. The number of halogens is 2. The van der Waals surface area contributed by atoms with E-state index in [1.54, 1.807) is 0 Å². The Morgan fingerprint density at radius 3 is 2.80 bits per heavy atom. The van der Waals surface area contributed by atoms with Crippen LogP contribution in [0.4, 0.5) is 8.78 Å². The minimum Gasteiger partial charge on any atom is -0.503 e. The third kappa shape index (κ3) is 6.71. The number of hydrogen-bond donors (Lipinski definition) is 3. The van der Waals surface area contributed by atoms with E-state index in [1.807, 2.05) is 13.8 Å². The van der Waals surface area contributed by atoms with Gasteiger partial charge in [0.1, 0.15) is 16.6 Å². The average Bonchev–Trinajstić information content (AvgIpc) is 3.27. The number of benzene rings is 1. The number of thiazole rings is 1. The molecule has 0 fully saturated rings. The average molecular weight is 507 g/mol. The summed E-state index contributed by atoms with van der Waals surface area (Å²) in [6, 6.07) is 3.34. The normalized spacial score (nSPS) is 11.3. The van der Waals surface area contributed by atoms with E-state index in [4.69, 9.17) is 4.74 Å². The number of rotatable bonds is 11. The van der Waals surface area contributed by atoms with Crippen molar-refractivity contribution in [2.45, 2.75) is 20.3 Å². The summed E-state index contributed by atoms with van der Waals surface area (Å²) in [5.74, 6) is -2.21. The lowest BCUT2D eigenvalue weighted by Crippen LogP contribution is -2.42. The van der Waals surface area contributed by atoms with E-state index < -0.39 is 28.7 Å². The number of nitrogens with zero attached hydrogens (tertiary/aromatic N) is 2. The first-order valence-corrected chi connectivity index (χ1v) is 11.9. The Kier molecular flexibility index (Phi) is 9.07. The van der Waals surface area contributed by atoms with Gasteiger partial charge in [-0.3, -0.25) is 14.9 Å². The molecule has 188 valence electrons. The van der Waals surface area contributed by atoms with Gasteiger partial charge in [0.15, 0.2) is 11.4 Å². The Morgan fingerprint density at radius 2 is 2.11 bits per heavy atom. The van der Waals surface area contributed by atoms with Gasteiger partial charge >= 0.3 is 0 Å². The Labute approximate surface area is 205 Å². The molecule has 3 aromatic rings. The van der Waals surface area contributed by atoms with Crippen LogP contribution in [0, 0.1) is 17.6 Å². The maximum Gasteiger partial charge on any atom is 0.275 e. The van der Waals surface area contributed by atoms with Gasteiger partial charge in [0, 0.05) is 43.4 Å². The number of H-pyrrole nitrogens is 1. The lowest BCUT2D eigenvalue weighted by Gasteiger charge is -2.23. The van der Waals surface area contributed by atoms with Crippen LogP contribution in [0.15, 0.2) is 35.4 Å². The van der Waals surface area contributed by atoms with Crippen LogP contribution >= 0.6 is 11.3 Å². The predicted octanol–water partition coefficient (Wildman–Crippen LogP) is 3.36. The van der Waals surface area contributed by atoms with Crippen LogP contribution in [0.2, 0.25) is 0 Å². The number of methoxy groups -OCH3 is 1.